The molecule has 0 fully saturated rings. The molecule has 0 spiro atoms. The van der Waals surface area contributed by atoms with Crippen LogP contribution >= 0.6 is 11.3 Å². The minimum Gasteiger partial charge on any atom is -0.495 e. The topological polar surface area (TPSA) is 47.3 Å². The van der Waals surface area contributed by atoms with E-state index in [-0.39, 0.29) is 6.04 Å². The second kappa shape index (κ2) is 5.89. The quantitative estimate of drug-likeness (QED) is 0.870. The number of aryl methyl sites for hydroxylation is 1. The molecule has 0 amide bonds. The molecule has 96 valence electrons. The molecule has 0 radical (unpaired) electrons. The van der Waals surface area contributed by atoms with Crippen molar-refractivity contribution in [2.24, 2.45) is 5.73 Å². The fourth-order valence-electron chi connectivity index (χ4n) is 1.86. The Kier molecular flexibility index (Phi) is 4.23. The summed E-state index contributed by atoms with van der Waals surface area (Å²) in [5.74, 6) is 0.843. The van der Waals surface area contributed by atoms with E-state index in [1.165, 1.54) is 10.4 Å². The average Bonchev–Trinajstić information content (AvgIpc) is 2.90. The van der Waals surface area contributed by atoms with Crippen molar-refractivity contribution in [1.82, 2.24) is 0 Å². The van der Waals surface area contributed by atoms with Gasteiger partial charge in [0.1, 0.15) is 5.75 Å². The minimum atomic E-state index is 0.126. The molecule has 0 saturated carbocycles. The van der Waals surface area contributed by atoms with Crippen LogP contribution in [0.25, 0.3) is 0 Å². The van der Waals surface area contributed by atoms with E-state index in [0.717, 1.165) is 11.4 Å². The first kappa shape index (κ1) is 12.9. The Morgan fingerprint density at radius 3 is 2.83 bits per heavy atom. The van der Waals surface area contributed by atoms with E-state index in [9.17, 15) is 0 Å². The van der Waals surface area contributed by atoms with E-state index >= 15 is 0 Å². The molecule has 1 heterocycles. The van der Waals surface area contributed by atoms with Crippen molar-refractivity contribution in [3.63, 3.8) is 0 Å². The molecule has 1 unspecified atom stereocenters. The molecule has 0 aliphatic rings. The highest BCUT2D eigenvalue weighted by atomic mass is 32.1. The maximum atomic E-state index is 5.84. The van der Waals surface area contributed by atoms with Crippen LogP contribution in [0, 0.1) is 6.92 Å². The van der Waals surface area contributed by atoms with Crippen LogP contribution in [0.2, 0.25) is 0 Å². The zero-order valence-electron chi connectivity index (χ0n) is 10.6. The van der Waals surface area contributed by atoms with Gasteiger partial charge < -0.3 is 15.8 Å². The first-order valence-electron chi connectivity index (χ1n) is 5.89. The van der Waals surface area contributed by atoms with E-state index in [4.69, 9.17) is 10.5 Å². The molecule has 0 aliphatic heterocycles. The van der Waals surface area contributed by atoms with Gasteiger partial charge in [0.05, 0.1) is 18.8 Å². The summed E-state index contributed by atoms with van der Waals surface area (Å²) in [4.78, 5) is 1.24. The third kappa shape index (κ3) is 2.83. The van der Waals surface area contributed by atoms with E-state index < -0.39 is 0 Å². The SMILES string of the molecule is COc1ccc(C)cc1NC(CN)c1cccs1. The van der Waals surface area contributed by atoms with Crippen LogP contribution in [0.1, 0.15) is 16.5 Å². The van der Waals surface area contributed by atoms with Crippen molar-refractivity contribution in [1.29, 1.82) is 0 Å². The Balaban J connectivity index is 2.24. The predicted molar refractivity (Wildman–Crippen MR) is 77.5 cm³/mol. The number of hydrogen-bond acceptors (Lipinski definition) is 4. The summed E-state index contributed by atoms with van der Waals surface area (Å²) in [6.45, 7) is 2.62. The molecule has 4 heteroatoms. The van der Waals surface area contributed by atoms with Gasteiger partial charge in [0.25, 0.3) is 0 Å². The van der Waals surface area contributed by atoms with Crippen molar-refractivity contribution < 1.29 is 4.74 Å². The van der Waals surface area contributed by atoms with Gasteiger partial charge in [-0.3, -0.25) is 0 Å². The molecule has 1 aromatic heterocycles. The summed E-state index contributed by atoms with van der Waals surface area (Å²) >= 11 is 1.71. The molecule has 0 aliphatic carbocycles. The molecule has 2 aromatic rings. The number of ether oxygens (including phenoxy) is 1. The highest BCUT2D eigenvalue weighted by molar-refractivity contribution is 7.10. The van der Waals surface area contributed by atoms with Gasteiger partial charge in [-0.25, -0.2) is 0 Å². The number of nitrogens with one attached hydrogen (secondary N) is 1. The number of rotatable bonds is 5. The molecule has 3 nitrogen and oxygen atoms in total. The van der Waals surface area contributed by atoms with Gasteiger partial charge >= 0.3 is 0 Å². The normalized spacial score (nSPS) is 12.2. The molecule has 0 saturated heterocycles. The second-order valence-corrected chi connectivity index (χ2v) is 5.13. The maximum Gasteiger partial charge on any atom is 0.141 e. The number of thiophene rings is 1. The molecular formula is C14H18N2OS. The molecule has 3 N–H and O–H groups in total. The van der Waals surface area contributed by atoms with E-state index in [0.29, 0.717) is 6.54 Å². The Bertz CT molecular complexity index is 497. The van der Waals surface area contributed by atoms with E-state index in [2.05, 4.69) is 29.8 Å². The summed E-state index contributed by atoms with van der Waals surface area (Å²) < 4.78 is 5.36. The predicted octanol–water partition coefficient (Wildman–Crippen LogP) is 3.18. The van der Waals surface area contributed by atoms with Gasteiger partial charge in [0.15, 0.2) is 0 Å². The Morgan fingerprint density at radius 1 is 1.39 bits per heavy atom. The number of hydrogen-bond donors (Lipinski definition) is 2. The van der Waals surface area contributed by atoms with Crippen LogP contribution in [0.5, 0.6) is 5.75 Å². The Hall–Kier alpha value is -1.52. The van der Waals surface area contributed by atoms with E-state index in [1.807, 2.05) is 18.2 Å². The lowest BCUT2D eigenvalue weighted by Gasteiger charge is -2.19. The fraction of sp³-hybridized carbons (Fsp3) is 0.286. The zero-order valence-corrected chi connectivity index (χ0v) is 11.5. The van der Waals surface area contributed by atoms with Crippen LogP contribution in [-0.2, 0) is 0 Å². The third-order valence-corrected chi connectivity index (χ3v) is 3.79. The number of benzene rings is 1. The number of methoxy groups -OCH3 is 1. The summed E-state index contributed by atoms with van der Waals surface area (Å²) in [7, 11) is 1.68. The van der Waals surface area contributed by atoms with Gasteiger partial charge in [-0.15, -0.1) is 11.3 Å². The van der Waals surface area contributed by atoms with Crippen molar-refractivity contribution in [2.45, 2.75) is 13.0 Å². The summed E-state index contributed by atoms with van der Waals surface area (Å²) in [5.41, 5.74) is 8.03. The lowest BCUT2D eigenvalue weighted by molar-refractivity contribution is 0.416. The van der Waals surface area contributed by atoms with E-state index in [1.54, 1.807) is 18.4 Å². The lowest BCUT2D eigenvalue weighted by Crippen LogP contribution is -2.19. The molecule has 1 atom stereocenters. The first-order valence-corrected chi connectivity index (χ1v) is 6.77. The summed E-state index contributed by atoms with van der Waals surface area (Å²) in [6.07, 6.45) is 0. The van der Waals surface area contributed by atoms with Gasteiger partial charge in [-0.2, -0.15) is 0 Å². The van der Waals surface area contributed by atoms with Crippen molar-refractivity contribution in [2.75, 3.05) is 19.0 Å². The molecular weight excluding hydrogens is 244 g/mol. The smallest absolute Gasteiger partial charge is 0.141 e. The Labute approximate surface area is 112 Å². The standard InChI is InChI=1S/C14H18N2OS/c1-10-5-6-13(17-2)11(8-10)16-12(9-15)14-4-3-7-18-14/h3-8,12,16H,9,15H2,1-2H3. The molecule has 0 bridgehead atoms. The highest BCUT2D eigenvalue weighted by Gasteiger charge is 2.13. The Morgan fingerprint density at radius 2 is 2.22 bits per heavy atom. The number of nitrogens with two attached hydrogens (primary N) is 1. The highest BCUT2D eigenvalue weighted by Crippen LogP contribution is 2.30. The van der Waals surface area contributed by atoms with Gasteiger partial charge in [-0.1, -0.05) is 12.1 Å². The zero-order chi connectivity index (χ0) is 13.0. The number of anilines is 1. The van der Waals surface area contributed by atoms with Crippen molar-refractivity contribution in [3.05, 3.63) is 46.2 Å². The first-order chi connectivity index (χ1) is 8.74. The maximum absolute atomic E-state index is 5.84. The van der Waals surface area contributed by atoms with Crippen LogP contribution < -0.4 is 15.8 Å². The second-order valence-electron chi connectivity index (χ2n) is 4.15. The monoisotopic (exact) mass is 262 g/mol. The van der Waals surface area contributed by atoms with Crippen LogP contribution in [-0.4, -0.2) is 13.7 Å². The molecule has 18 heavy (non-hydrogen) atoms. The third-order valence-electron chi connectivity index (χ3n) is 2.81. The average molecular weight is 262 g/mol. The van der Waals surface area contributed by atoms with Crippen LogP contribution in [0.4, 0.5) is 5.69 Å². The summed E-state index contributed by atoms with van der Waals surface area (Å²) in [6, 6.07) is 10.3. The lowest BCUT2D eigenvalue weighted by atomic mass is 10.1. The molecule has 2 rings (SSSR count). The molecule has 1 aromatic carbocycles. The summed E-state index contributed by atoms with van der Waals surface area (Å²) in [5, 5.41) is 5.51. The van der Waals surface area contributed by atoms with Crippen molar-refractivity contribution >= 4 is 17.0 Å². The largest absolute Gasteiger partial charge is 0.495 e. The van der Waals surface area contributed by atoms with Gasteiger partial charge in [0.2, 0.25) is 0 Å². The van der Waals surface area contributed by atoms with Crippen LogP contribution in [0.15, 0.2) is 35.7 Å². The minimum absolute atomic E-state index is 0.126. The van der Waals surface area contributed by atoms with Gasteiger partial charge in [0, 0.05) is 11.4 Å². The van der Waals surface area contributed by atoms with Gasteiger partial charge in [-0.05, 0) is 36.1 Å². The van der Waals surface area contributed by atoms with Crippen molar-refractivity contribution in [3.8, 4) is 5.75 Å². The fourth-order valence-corrected chi connectivity index (χ4v) is 2.65. The van der Waals surface area contributed by atoms with Crippen LogP contribution in [0.3, 0.4) is 0 Å².